The van der Waals surface area contributed by atoms with Crippen molar-refractivity contribution in [2.45, 2.75) is 17.8 Å². The number of ether oxygens (including phenoxy) is 3. The maximum absolute atomic E-state index is 13.8. The number of anilines is 2. The molecule has 6 rings (SSSR count). The Labute approximate surface area is 263 Å². The Morgan fingerprint density at radius 3 is 1.21 bits per heavy atom. The maximum atomic E-state index is 13.8. The highest BCUT2D eigenvalue weighted by Crippen LogP contribution is 2.57. The second kappa shape index (κ2) is 11.5. The number of fused-ring (bicyclic) bond motifs is 2. The number of benzene rings is 4. The van der Waals surface area contributed by atoms with Crippen LogP contribution in [0.15, 0.2) is 72.8 Å². The van der Waals surface area contributed by atoms with Gasteiger partial charge in [0.1, 0.15) is 23.0 Å². The molecule has 0 unspecified atom stereocenters. The van der Waals surface area contributed by atoms with Crippen LogP contribution < -0.4 is 16.2 Å². The molecule has 0 amide bonds. The number of carbonyl (C=O) groups excluding carboxylic acids is 4. The van der Waals surface area contributed by atoms with E-state index in [9.17, 15) is 55.7 Å². The quantitative estimate of drug-likeness (QED) is 0.0675. The maximum Gasteiger partial charge on any atom is 0.411 e. The third-order valence-electron chi connectivity index (χ3n) is 7.24. The highest BCUT2D eigenvalue weighted by atomic mass is 19.4. The molecule has 2 aliphatic heterocycles. The third kappa shape index (κ3) is 5.54. The standard InChI is InChI=1S/C16H6O7.C15H12F6N2O2/c17-13-9-3-1-7(5-11(9)15(19)22-13)21-8-2-4-10-12(6-8)16(20)23-14(10)18;16-14(17,18)13(15(19,20)21,7-1-3-11(24)9(22)5-7)8-2-4-12(25)10(23)6-8/h1-6H;1-6,24-25H,22-23H2. The number of alkyl halides is 6. The number of nitrogen functional groups attached to an aromatic ring is 2. The van der Waals surface area contributed by atoms with E-state index in [0.717, 1.165) is 0 Å². The van der Waals surface area contributed by atoms with E-state index in [1.807, 2.05) is 0 Å². The number of rotatable bonds is 4. The van der Waals surface area contributed by atoms with E-state index in [-0.39, 0.29) is 33.8 Å². The van der Waals surface area contributed by atoms with Gasteiger partial charge in [-0.25, -0.2) is 19.2 Å². The van der Waals surface area contributed by atoms with E-state index < -0.39 is 75.6 Å². The fourth-order valence-electron chi connectivity index (χ4n) is 4.95. The first-order chi connectivity index (χ1) is 22.3. The van der Waals surface area contributed by atoms with Crippen LogP contribution in [0.3, 0.4) is 0 Å². The largest absolute Gasteiger partial charge is 0.506 e. The Hall–Kier alpha value is -6.26. The van der Waals surface area contributed by atoms with Gasteiger partial charge in [-0.2, -0.15) is 26.3 Å². The lowest BCUT2D eigenvalue weighted by Gasteiger charge is -2.38. The SMILES string of the molecule is Nc1cc(C(c2ccc(O)c(N)c2)(C(F)(F)F)C(F)(F)F)ccc1O.O=C1OC(=O)c2cc(Oc3ccc4c(c3)C(=O)OC4=O)ccc21. The Bertz CT molecular complexity index is 1880. The summed E-state index contributed by atoms with van der Waals surface area (Å²) >= 11 is 0. The van der Waals surface area contributed by atoms with Crippen LogP contribution >= 0.6 is 0 Å². The zero-order chi connectivity index (χ0) is 35.3. The summed E-state index contributed by atoms with van der Waals surface area (Å²) in [6, 6.07) is 11.6. The number of hydrogen-bond acceptors (Lipinski definition) is 11. The van der Waals surface area contributed by atoms with Crippen molar-refractivity contribution < 1.29 is 69.9 Å². The monoisotopic (exact) mass is 676 g/mol. The molecule has 0 saturated heterocycles. The topological polar surface area (TPSA) is 188 Å². The second-order valence-corrected chi connectivity index (χ2v) is 10.2. The predicted molar refractivity (Wildman–Crippen MR) is 150 cm³/mol. The molecular weight excluding hydrogens is 658 g/mol. The zero-order valence-corrected chi connectivity index (χ0v) is 23.6. The third-order valence-corrected chi connectivity index (χ3v) is 7.24. The number of halogens is 6. The molecule has 4 aromatic rings. The van der Waals surface area contributed by atoms with E-state index in [0.29, 0.717) is 36.4 Å². The van der Waals surface area contributed by atoms with Gasteiger partial charge in [0.15, 0.2) is 0 Å². The van der Waals surface area contributed by atoms with Crippen LogP contribution in [0.25, 0.3) is 0 Å². The minimum Gasteiger partial charge on any atom is -0.506 e. The fourth-order valence-corrected chi connectivity index (χ4v) is 4.95. The lowest BCUT2D eigenvalue weighted by molar-refractivity contribution is -0.288. The van der Waals surface area contributed by atoms with Gasteiger partial charge >= 0.3 is 36.2 Å². The summed E-state index contributed by atoms with van der Waals surface area (Å²) in [6.45, 7) is 0. The molecule has 0 aromatic heterocycles. The fraction of sp³-hybridized carbons (Fsp3) is 0.0968. The molecule has 0 radical (unpaired) electrons. The van der Waals surface area contributed by atoms with Crippen LogP contribution in [0.5, 0.6) is 23.0 Å². The Balaban J connectivity index is 0.000000188. The van der Waals surface area contributed by atoms with Gasteiger partial charge in [-0.05, 0) is 71.8 Å². The number of esters is 4. The minimum absolute atomic E-state index is 0.114. The van der Waals surface area contributed by atoms with Crippen molar-refractivity contribution in [3.05, 3.63) is 106 Å². The van der Waals surface area contributed by atoms with Crippen molar-refractivity contribution >= 4 is 35.3 Å². The molecule has 0 saturated carbocycles. The summed E-state index contributed by atoms with van der Waals surface area (Å²) < 4.78 is 97.2. The first kappa shape index (κ1) is 33.1. The molecule has 17 heteroatoms. The number of phenols is 2. The second-order valence-electron chi connectivity index (χ2n) is 10.2. The smallest absolute Gasteiger partial charge is 0.411 e. The predicted octanol–water partition coefficient (Wildman–Crippen LogP) is 5.77. The Kier molecular flexibility index (Phi) is 7.95. The van der Waals surface area contributed by atoms with Gasteiger partial charge in [0.25, 0.3) is 0 Å². The van der Waals surface area contributed by atoms with Crippen molar-refractivity contribution in [2.24, 2.45) is 0 Å². The van der Waals surface area contributed by atoms with Crippen LogP contribution in [-0.4, -0.2) is 46.4 Å². The van der Waals surface area contributed by atoms with Crippen LogP contribution in [0, 0.1) is 0 Å². The average molecular weight is 676 g/mol. The van der Waals surface area contributed by atoms with Crippen LogP contribution in [0.2, 0.25) is 0 Å². The Morgan fingerprint density at radius 1 is 0.521 bits per heavy atom. The molecule has 4 aromatic carbocycles. The summed E-state index contributed by atoms with van der Waals surface area (Å²) in [5.74, 6) is -3.62. The van der Waals surface area contributed by atoms with E-state index in [2.05, 4.69) is 9.47 Å². The van der Waals surface area contributed by atoms with Crippen LogP contribution in [0.1, 0.15) is 52.6 Å². The Morgan fingerprint density at radius 2 is 0.875 bits per heavy atom. The highest BCUT2D eigenvalue weighted by molar-refractivity contribution is 6.15. The summed E-state index contributed by atoms with van der Waals surface area (Å²) in [6.07, 6.45) is -11.6. The molecule has 0 fully saturated rings. The van der Waals surface area contributed by atoms with Gasteiger partial charge < -0.3 is 35.9 Å². The first-order valence-corrected chi connectivity index (χ1v) is 13.2. The molecular formula is C31H18F6N2O9. The van der Waals surface area contributed by atoms with Crippen molar-refractivity contribution in [1.82, 2.24) is 0 Å². The van der Waals surface area contributed by atoms with Gasteiger partial charge in [0.05, 0.1) is 33.6 Å². The molecule has 2 heterocycles. The summed E-state index contributed by atoms with van der Waals surface area (Å²) in [5, 5.41) is 18.7. The van der Waals surface area contributed by atoms with Crippen molar-refractivity contribution in [1.29, 1.82) is 0 Å². The normalized spacial score (nSPS) is 14.0. The number of aromatic hydroxyl groups is 2. The van der Waals surface area contributed by atoms with Crippen LogP contribution in [0.4, 0.5) is 37.7 Å². The minimum atomic E-state index is -5.82. The lowest BCUT2D eigenvalue weighted by Crippen LogP contribution is -2.54. The molecule has 0 atom stereocenters. The molecule has 248 valence electrons. The summed E-state index contributed by atoms with van der Waals surface area (Å²) in [5.41, 5.74) is 2.90. The summed E-state index contributed by atoms with van der Waals surface area (Å²) in [7, 11) is 0. The van der Waals surface area contributed by atoms with Gasteiger partial charge in [-0.1, -0.05) is 12.1 Å². The molecule has 11 nitrogen and oxygen atoms in total. The number of carbonyl (C=O) groups is 4. The van der Waals surface area contributed by atoms with E-state index in [4.69, 9.17) is 16.2 Å². The molecule has 0 bridgehead atoms. The van der Waals surface area contributed by atoms with Gasteiger partial charge in [0.2, 0.25) is 5.41 Å². The van der Waals surface area contributed by atoms with E-state index in [1.54, 1.807) is 0 Å². The molecule has 48 heavy (non-hydrogen) atoms. The van der Waals surface area contributed by atoms with Gasteiger partial charge in [0, 0.05) is 0 Å². The number of phenolic OH excluding ortho intramolecular Hbond substituents is 2. The van der Waals surface area contributed by atoms with Gasteiger partial charge in [-0.3, -0.25) is 0 Å². The lowest BCUT2D eigenvalue weighted by atomic mass is 9.72. The first-order valence-electron chi connectivity index (χ1n) is 13.2. The number of hydrogen-bond donors (Lipinski definition) is 4. The number of nitrogens with two attached hydrogens (primary N) is 2. The van der Waals surface area contributed by atoms with Crippen molar-refractivity contribution in [3.63, 3.8) is 0 Å². The van der Waals surface area contributed by atoms with Crippen molar-refractivity contribution in [3.8, 4) is 23.0 Å². The van der Waals surface area contributed by atoms with Gasteiger partial charge in [-0.15, -0.1) is 0 Å². The van der Waals surface area contributed by atoms with E-state index in [1.165, 1.54) is 36.4 Å². The molecule has 6 N–H and O–H groups in total. The zero-order valence-electron chi connectivity index (χ0n) is 23.6. The molecule has 0 spiro atoms. The average Bonchev–Trinajstić information content (AvgIpc) is 3.44. The molecule has 2 aliphatic rings. The molecule has 0 aliphatic carbocycles. The van der Waals surface area contributed by atoms with Crippen LogP contribution in [-0.2, 0) is 14.9 Å². The number of cyclic esters (lactones) is 4. The highest BCUT2D eigenvalue weighted by Gasteiger charge is 2.72. The van der Waals surface area contributed by atoms with Crippen molar-refractivity contribution in [2.75, 3.05) is 11.5 Å². The van der Waals surface area contributed by atoms with E-state index >= 15 is 0 Å². The summed E-state index contributed by atoms with van der Waals surface area (Å²) in [4.78, 5) is 45.8.